The molecule has 6 heteroatoms. The van der Waals surface area contributed by atoms with E-state index >= 15 is 0 Å². The zero-order chi connectivity index (χ0) is 18.5. The zero-order valence-electron chi connectivity index (χ0n) is 15.3. The van der Waals surface area contributed by atoms with Gasteiger partial charge in [-0.05, 0) is 50.3 Å². The Morgan fingerprint density at radius 2 is 2.15 bits per heavy atom. The van der Waals surface area contributed by atoms with Gasteiger partial charge >= 0.3 is 0 Å². The highest BCUT2D eigenvalue weighted by Gasteiger charge is 2.21. The van der Waals surface area contributed by atoms with Gasteiger partial charge in [0.05, 0.1) is 12.3 Å². The van der Waals surface area contributed by atoms with Gasteiger partial charge in [0.25, 0.3) is 5.91 Å². The third-order valence-corrected chi connectivity index (χ3v) is 4.68. The summed E-state index contributed by atoms with van der Waals surface area (Å²) < 4.78 is 5.47. The van der Waals surface area contributed by atoms with Crippen molar-refractivity contribution in [3.8, 4) is 0 Å². The molecule has 0 aliphatic carbocycles. The second-order valence-electron chi connectivity index (χ2n) is 6.82. The van der Waals surface area contributed by atoms with Crippen LogP contribution in [-0.4, -0.2) is 48.8 Å². The van der Waals surface area contributed by atoms with E-state index in [1.165, 1.54) is 0 Å². The molecule has 2 amide bonds. The zero-order valence-corrected chi connectivity index (χ0v) is 15.3. The lowest BCUT2D eigenvalue weighted by Gasteiger charge is -2.22. The summed E-state index contributed by atoms with van der Waals surface area (Å²) in [5.74, 6) is 0.877. The minimum absolute atomic E-state index is 0.0284. The van der Waals surface area contributed by atoms with Crippen molar-refractivity contribution in [3.05, 3.63) is 59.5 Å². The molecule has 2 heterocycles. The first kappa shape index (κ1) is 18.2. The number of furan rings is 1. The van der Waals surface area contributed by atoms with E-state index in [4.69, 9.17) is 4.42 Å². The van der Waals surface area contributed by atoms with Gasteiger partial charge in [0.1, 0.15) is 5.76 Å². The van der Waals surface area contributed by atoms with Crippen LogP contribution < -0.4 is 5.32 Å². The van der Waals surface area contributed by atoms with Gasteiger partial charge in [-0.1, -0.05) is 12.1 Å². The Balaban J connectivity index is 1.62. The standard InChI is InChI=1S/C20H25N3O3/c1-22(2)17(18-8-5-11-26-18)13-21-20(25)16-7-3-6-15(12-16)14-23-10-4-9-19(23)24/h3,5-8,11-12,17H,4,9-10,13-14H2,1-2H3,(H,21,25). The largest absolute Gasteiger partial charge is 0.468 e. The molecule has 1 aromatic heterocycles. The second kappa shape index (κ2) is 8.19. The molecule has 1 N–H and O–H groups in total. The fourth-order valence-electron chi connectivity index (χ4n) is 3.21. The van der Waals surface area contributed by atoms with Crippen LogP contribution in [0, 0.1) is 0 Å². The fraction of sp³-hybridized carbons (Fsp3) is 0.400. The number of amides is 2. The van der Waals surface area contributed by atoms with Gasteiger partial charge in [0.2, 0.25) is 5.91 Å². The van der Waals surface area contributed by atoms with E-state index in [2.05, 4.69) is 5.32 Å². The number of carbonyl (C=O) groups excluding carboxylic acids is 2. The average Bonchev–Trinajstić information content (AvgIpc) is 3.28. The molecule has 1 unspecified atom stereocenters. The Labute approximate surface area is 153 Å². The van der Waals surface area contributed by atoms with Crippen molar-refractivity contribution in [1.29, 1.82) is 0 Å². The molecule has 6 nitrogen and oxygen atoms in total. The molecule has 1 aliphatic heterocycles. The maximum atomic E-state index is 12.6. The predicted octanol–water partition coefficient (Wildman–Crippen LogP) is 2.43. The lowest BCUT2D eigenvalue weighted by molar-refractivity contribution is -0.128. The predicted molar refractivity (Wildman–Crippen MR) is 98.6 cm³/mol. The molecule has 1 fully saturated rings. The van der Waals surface area contributed by atoms with Crippen LogP contribution in [0.25, 0.3) is 0 Å². The normalized spacial score (nSPS) is 15.5. The topological polar surface area (TPSA) is 65.8 Å². The number of rotatable bonds is 7. The Morgan fingerprint density at radius 1 is 1.31 bits per heavy atom. The molecule has 3 rings (SSSR count). The molecule has 0 spiro atoms. The first-order valence-electron chi connectivity index (χ1n) is 8.89. The van der Waals surface area contributed by atoms with Crippen LogP contribution in [0.3, 0.4) is 0 Å². The highest BCUT2D eigenvalue weighted by atomic mass is 16.3. The van der Waals surface area contributed by atoms with E-state index in [0.717, 1.165) is 24.3 Å². The molecule has 0 saturated carbocycles. The number of hydrogen-bond donors (Lipinski definition) is 1. The van der Waals surface area contributed by atoms with Gasteiger partial charge in [-0.3, -0.25) is 14.5 Å². The SMILES string of the molecule is CN(C)C(CNC(=O)c1cccc(CN2CCCC2=O)c1)c1ccco1. The number of nitrogens with zero attached hydrogens (tertiary/aromatic N) is 2. The Morgan fingerprint density at radius 3 is 2.81 bits per heavy atom. The first-order valence-corrected chi connectivity index (χ1v) is 8.89. The van der Waals surface area contributed by atoms with Crippen molar-refractivity contribution in [2.45, 2.75) is 25.4 Å². The fourth-order valence-corrected chi connectivity index (χ4v) is 3.21. The lowest BCUT2D eigenvalue weighted by atomic mass is 10.1. The van der Waals surface area contributed by atoms with E-state index in [9.17, 15) is 9.59 Å². The third kappa shape index (κ3) is 4.32. The minimum Gasteiger partial charge on any atom is -0.468 e. The highest BCUT2D eigenvalue weighted by Crippen LogP contribution is 2.18. The molecule has 26 heavy (non-hydrogen) atoms. The van der Waals surface area contributed by atoms with Crippen molar-refractivity contribution in [2.24, 2.45) is 0 Å². The summed E-state index contributed by atoms with van der Waals surface area (Å²) in [6, 6.07) is 11.2. The van der Waals surface area contributed by atoms with Crippen molar-refractivity contribution >= 4 is 11.8 Å². The van der Waals surface area contributed by atoms with Gasteiger partial charge in [-0.15, -0.1) is 0 Å². The molecule has 1 atom stereocenters. The summed E-state index contributed by atoms with van der Waals surface area (Å²) in [6.07, 6.45) is 3.17. The monoisotopic (exact) mass is 355 g/mol. The summed E-state index contributed by atoms with van der Waals surface area (Å²) in [6.45, 7) is 1.81. The minimum atomic E-state index is -0.127. The summed E-state index contributed by atoms with van der Waals surface area (Å²) in [5.41, 5.74) is 1.58. The number of nitrogens with one attached hydrogen (secondary N) is 1. The molecule has 0 radical (unpaired) electrons. The van der Waals surface area contributed by atoms with Crippen LogP contribution in [0.1, 0.15) is 40.6 Å². The second-order valence-corrected chi connectivity index (χ2v) is 6.82. The van der Waals surface area contributed by atoms with Crippen LogP contribution in [0.5, 0.6) is 0 Å². The van der Waals surface area contributed by atoms with Crippen molar-refractivity contribution in [3.63, 3.8) is 0 Å². The third-order valence-electron chi connectivity index (χ3n) is 4.68. The average molecular weight is 355 g/mol. The molecule has 1 saturated heterocycles. The highest BCUT2D eigenvalue weighted by molar-refractivity contribution is 5.94. The quantitative estimate of drug-likeness (QED) is 0.828. The number of hydrogen-bond acceptors (Lipinski definition) is 4. The van der Waals surface area contributed by atoms with E-state index < -0.39 is 0 Å². The van der Waals surface area contributed by atoms with Crippen LogP contribution >= 0.6 is 0 Å². The molecule has 138 valence electrons. The summed E-state index contributed by atoms with van der Waals surface area (Å²) in [7, 11) is 3.90. The number of likely N-dealkylation sites (N-methyl/N-ethyl adjacent to an activating group) is 1. The van der Waals surface area contributed by atoms with E-state index in [-0.39, 0.29) is 17.9 Å². The van der Waals surface area contributed by atoms with Gasteiger partial charge in [-0.2, -0.15) is 0 Å². The van der Waals surface area contributed by atoms with Crippen molar-refractivity contribution in [1.82, 2.24) is 15.1 Å². The Kier molecular flexibility index (Phi) is 5.73. The Bertz CT molecular complexity index is 755. The van der Waals surface area contributed by atoms with Crippen LogP contribution in [0.2, 0.25) is 0 Å². The molecule has 1 aliphatic rings. The Hall–Kier alpha value is -2.60. The number of carbonyl (C=O) groups is 2. The first-order chi connectivity index (χ1) is 12.5. The maximum absolute atomic E-state index is 12.6. The van der Waals surface area contributed by atoms with Crippen molar-refractivity contribution in [2.75, 3.05) is 27.2 Å². The van der Waals surface area contributed by atoms with Crippen LogP contribution in [0.4, 0.5) is 0 Å². The molecule has 1 aromatic carbocycles. The smallest absolute Gasteiger partial charge is 0.251 e. The lowest BCUT2D eigenvalue weighted by Crippen LogP contribution is -2.34. The summed E-state index contributed by atoms with van der Waals surface area (Å²) in [4.78, 5) is 28.2. The van der Waals surface area contributed by atoms with Gasteiger partial charge in [0, 0.05) is 31.6 Å². The number of likely N-dealkylation sites (tertiary alicyclic amines) is 1. The van der Waals surface area contributed by atoms with Crippen molar-refractivity contribution < 1.29 is 14.0 Å². The van der Waals surface area contributed by atoms with E-state index in [0.29, 0.717) is 25.1 Å². The molecule has 2 aromatic rings. The van der Waals surface area contributed by atoms with Crippen LogP contribution in [-0.2, 0) is 11.3 Å². The molecular formula is C20H25N3O3. The molecular weight excluding hydrogens is 330 g/mol. The molecule has 0 bridgehead atoms. The van der Waals surface area contributed by atoms with E-state index in [1.807, 2.05) is 54.2 Å². The number of benzene rings is 1. The van der Waals surface area contributed by atoms with Gasteiger partial charge in [-0.25, -0.2) is 0 Å². The van der Waals surface area contributed by atoms with Crippen LogP contribution in [0.15, 0.2) is 47.1 Å². The van der Waals surface area contributed by atoms with Gasteiger partial charge in [0.15, 0.2) is 0 Å². The van der Waals surface area contributed by atoms with Gasteiger partial charge < -0.3 is 14.6 Å². The summed E-state index contributed by atoms with van der Waals surface area (Å²) >= 11 is 0. The van der Waals surface area contributed by atoms with E-state index in [1.54, 1.807) is 12.3 Å². The summed E-state index contributed by atoms with van der Waals surface area (Å²) in [5, 5.41) is 2.98. The maximum Gasteiger partial charge on any atom is 0.251 e.